The van der Waals surface area contributed by atoms with Crippen LogP contribution in [0.1, 0.15) is 49.9 Å². The van der Waals surface area contributed by atoms with E-state index in [1.165, 1.54) is 4.31 Å². The van der Waals surface area contributed by atoms with E-state index in [0.29, 0.717) is 49.8 Å². The first-order chi connectivity index (χ1) is 15.8. The van der Waals surface area contributed by atoms with Gasteiger partial charge in [-0.05, 0) is 42.7 Å². The number of nitrogens with zero attached hydrogens (tertiary/aromatic N) is 3. The van der Waals surface area contributed by atoms with Crippen LogP contribution in [0.3, 0.4) is 0 Å². The third-order valence-electron chi connectivity index (χ3n) is 5.77. The van der Waals surface area contributed by atoms with Crippen molar-refractivity contribution in [1.82, 2.24) is 14.4 Å². The van der Waals surface area contributed by atoms with Gasteiger partial charge in [0.05, 0.1) is 4.90 Å². The average molecular weight is 469 g/mol. The third-order valence-corrected chi connectivity index (χ3v) is 7.68. The topological polar surface area (TPSA) is 105 Å². The van der Waals surface area contributed by atoms with Crippen LogP contribution in [0.25, 0.3) is 0 Å². The Bertz CT molecular complexity index is 1180. The molecule has 4 rings (SSSR count). The van der Waals surface area contributed by atoms with Gasteiger partial charge in [0.2, 0.25) is 21.8 Å². The van der Waals surface area contributed by atoms with Gasteiger partial charge < -0.3 is 9.84 Å². The second kappa shape index (κ2) is 9.84. The van der Waals surface area contributed by atoms with Crippen LogP contribution >= 0.6 is 0 Å². The molecule has 2 aromatic carbocycles. The predicted molar refractivity (Wildman–Crippen MR) is 124 cm³/mol. The minimum atomic E-state index is -3.52. The fourth-order valence-corrected chi connectivity index (χ4v) is 5.30. The first kappa shape index (κ1) is 23.1. The van der Waals surface area contributed by atoms with Crippen molar-refractivity contribution in [1.29, 1.82) is 0 Å². The first-order valence-corrected chi connectivity index (χ1v) is 12.5. The minimum Gasteiger partial charge on any atom is -0.339 e. The molecule has 0 radical (unpaired) electrons. The molecule has 1 aromatic heterocycles. The van der Waals surface area contributed by atoms with Gasteiger partial charge in [0.25, 0.3) is 0 Å². The molecule has 1 aliphatic heterocycles. The molecule has 174 valence electrons. The van der Waals surface area contributed by atoms with E-state index in [4.69, 9.17) is 4.52 Å². The minimum absolute atomic E-state index is 0.0840. The maximum Gasteiger partial charge on any atom is 0.243 e. The van der Waals surface area contributed by atoms with Gasteiger partial charge in [-0.3, -0.25) is 4.79 Å². The molecule has 0 atom stereocenters. The SMILES string of the molecule is CC(C)c1nc(Cc2ccc(NC(=O)C3CCN(S(=O)(=O)c4ccccc4)CC3)cc2)no1. The van der Waals surface area contributed by atoms with Crippen molar-refractivity contribution in [3.8, 4) is 0 Å². The Balaban J connectivity index is 1.30. The summed E-state index contributed by atoms with van der Waals surface area (Å²) in [5.41, 5.74) is 1.72. The van der Waals surface area contributed by atoms with E-state index in [-0.39, 0.29) is 22.6 Å². The largest absolute Gasteiger partial charge is 0.339 e. The maximum atomic E-state index is 12.8. The third kappa shape index (κ3) is 5.48. The molecular formula is C24H28N4O4S. The molecule has 1 saturated heterocycles. The molecule has 0 saturated carbocycles. The van der Waals surface area contributed by atoms with Crippen LogP contribution in [0, 0.1) is 5.92 Å². The first-order valence-electron chi connectivity index (χ1n) is 11.1. The highest BCUT2D eigenvalue weighted by Gasteiger charge is 2.32. The maximum absolute atomic E-state index is 12.8. The van der Waals surface area contributed by atoms with Crippen molar-refractivity contribution in [2.24, 2.45) is 5.92 Å². The van der Waals surface area contributed by atoms with Crippen LogP contribution in [0.15, 0.2) is 64.0 Å². The van der Waals surface area contributed by atoms with Crippen LogP contribution < -0.4 is 5.32 Å². The van der Waals surface area contributed by atoms with E-state index in [1.54, 1.807) is 30.3 Å². The van der Waals surface area contributed by atoms with Gasteiger partial charge in [-0.1, -0.05) is 49.3 Å². The average Bonchev–Trinajstić information content (AvgIpc) is 3.30. The van der Waals surface area contributed by atoms with Gasteiger partial charge >= 0.3 is 0 Å². The van der Waals surface area contributed by atoms with Crippen molar-refractivity contribution in [3.63, 3.8) is 0 Å². The molecule has 2 heterocycles. The lowest BCUT2D eigenvalue weighted by atomic mass is 9.97. The number of benzene rings is 2. The van der Waals surface area contributed by atoms with Crippen molar-refractivity contribution in [3.05, 3.63) is 71.9 Å². The smallest absolute Gasteiger partial charge is 0.243 e. The van der Waals surface area contributed by atoms with Crippen molar-refractivity contribution in [2.75, 3.05) is 18.4 Å². The Hall–Kier alpha value is -3.04. The lowest BCUT2D eigenvalue weighted by Gasteiger charge is -2.30. The number of rotatable bonds is 7. The van der Waals surface area contributed by atoms with E-state index >= 15 is 0 Å². The van der Waals surface area contributed by atoms with Gasteiger partial charge in [-0.15, -0.1) is 0 Å². The van der Waals surface area contributed by atoms with E-state index in [1.807, 2.05) is 38.1 Å². The van der Waals surface area contributed by atoms with E-state index in [0.717, 1.165) is 5.56 Å². The second-order valence-electron chi connectivity index (χ2n) is 8.56. The van der Waals surface area contributed by atoms with Gasteiger partial charge in [0, 0.05) is 37.0 Å². The molecule has 33 heavy (non-hydrogen) atoms. The number of aromatic nitrogens is 2. The van der Waals surface area contributed by atoms with Crippen molar-refractivity contribution < 1.29 is 17.7 Å². The lowest BCUT2D eigenvalue weighted by Crippen LogP contribution is -2.41. The number of carbonyl (C=O) groups excluding carboxylic acids is 1. The zero-order chi connectivity index (χ0) is 23.4. The number of hydrogen-bond acceptors (Lipinski definition) is 6. The quantitative estimate of drug-likeness (QED) is 0.565. The zero-order valence-corrected chi connectivity index (χ0v) is 19.6. The van der Waals surface area contributed by atoms with Gasteiger partial charge in [0.1, 0.15) is 0 Å². The highest BCUT2D eigenvalue weighted by molar-refractivity contribution is 7.89. The summed E-state index contributed by atoms with van der Waals surface area (Å²) in [7, 11) is -3.52. The summed E-state index contributed by atoms with van der Waals surface area (Å²) < 4.78 is 32.2. The molecule has 1 amide bonds. The standard InChI is InChI=1S/C24H28N4O4S/c1-17(2)24-26-22(27-32-24)16-18-8-10-20(11-9-18)25-23(29)19-12-14-28(15-13-19)33(30,31)21-6-4-3-5-7-21/h3-11,17,19H,12-16H2,1-2H3,(H,25,29). The van der Waals surface area contributed by atoms with Crippen LogP contribution in [0.4, 0.5) is 5.69 Å². The highest BCUT2D eigenvalue weighted by Crippen LogP contribution is 2.25. The molecule has 0 aliphatic carbocycles. The molecule has 0 unspecified atom stereocenters. The van der Waals surface area contributed by atoms with Gasteiger partial charge in [-0.25, -0.2) is 8.42 Å². The second-order valence-corrected chi connectivity index (χ2v) is 10.5. The molecular weight excluding hydrogens is 440 g/mol. The number of amides is 1. The summed E-state index contributed by atoms with van der Waals surface area (Å²) in [6, 6.07) is 16.0. The summed E-state index contributed by atoms with van der Waals surface area (Å²) in [5, 5.41) is 6.96. The van der Waals surface area contributed by atoms with Crippen LogP contribution in [0.2, 0.25) is 0 Å². The van der Waals surface area contributed by atoms with Gasteiger partial charge in [0.15, 0.2) is 5.82 Å². The molecule has 1 N–H and O–H groups in total. The normalized spacial score (nSPS) is 15.6. The molecule has 1 fully saturated rings. The molecule has 0 spiro atoms. The summed E-state index contributed by atoms with van der Waals surface area (Å²) in [5.74, 6) is 1.14. The molecule has 8 nitrogen and oxygen atoms in total. The Labute approximate surface area is 194 Å². The van der Waals surface area contributed by atoms with Crippen LogP contribution in [0.5, 0.6) is 0 Å². The number of piperidine rings is 1. The van der Waals surface area contributed by atoms with E-state index in [2.05, 4.69) is 15.5 Å². The number of anilines is 1. The molecule has 0 bridgehead atoms. The predicted octanol–water partition coefficient (Wildman–Crippen LogP) is 3.82. The molecule has 1 aliphatic rings. The van der Waals surface area contributed by atoms with E-state index in [9.17, 15) is 13.2 Å². The lowest BCUT2D eigenvalue weighted by molar-refractivity contribution is -0.120. The fourth-order valence-electron chi connectivity index (χ4n) is 3.81. The Morgan fingerprint density at radius 3 is 2.36 bits per heavy atom. The molecule has 3 aromatic rings. The Kier molecular flexibility index (Phi) is 6.90. The van der Waals surface area contributed by atoms with Crippen molar-refractivity contribution >= 4 is 21.6 Å². The fraction of sp³-hybridized carbons (Fsp3) is 0.375. The van der Waals surface area contributed by atoms with Crippen molar-refractivity contribution in [2.45, 2.75) is 43.9 Å². The van der Waals surface area contributed by atoms with Crippen LogP contribution in [-0.2, 0) is 21.2 Å². The molecule has 9 heteroatoms. The summed E-state index contributed by atoms with van der Waals surface area (Å²) in [6.45, 7) is 4.66. The zero-order valence-electron chi connectivity index (χ0n) is 18.8. The summed E-state index contributed by atoms with van der Waals surface area (Å²) >= 11 is 0. The number of hydrogen-bond donors (Lipinski definition) is 1. The highest BCUT2D eigenvalue weighted by atomic mass is 32.2. The summed E-state index contributed by atoms with van der Waals surface area (Å²) in [6.07, 6.45) is 1.54. The monoisotopic (exact) mass is 468 g/mol. The number of sulfonamides is 1. The Morgan fingerprint density at radius 1 is 1.09 bits per heavy atom. The number of carbonyl (C=O) groups is 1. The van der Waals surface area contributed by atoms with Crippen LogP contribution in [-0.4, -0.2) is 41.9 Å². The number of nitrogens with one attached hydrogen (secondary N) is 1. The Morgan fingerprint density at radius 2 is 1.76 bits per heavy atom. The van der Waals surface area contributed by atoms with Gasteiger partial charge in [-0.2, -0.15) is 9.29 Å². The van der Waals surface area contributed by atoms with E-state index < -0.39 is 10.0 Å². The summed E-state index contributed by atoms with van der Waals surface area (Å²) in [4.78, 5) is 17.4.